The highest BCUT2D eigenvalue weighted by molar-refractivity contribution is 9.10. The molecule has 0 unspecified atom stereocenters. The minimum atomic E-state index is -0.466. The molecule has 0 fully saturated rings. The number of rotatable bonds is 8. The van der Waals surface area contributed by atoms with E-state index >= 15 is 0 Å². The molecule has 0 atom stereocenters. The number of nitrogens with zero attached hydrogens (tertiary/aromatic N) is 2. The number of halogens is 1. The van der Waals surface area contributed by atoms with Gasteiger partial charge in [-0.2, -0.15) is 5.10 Å². The monoisotopic (exact) mass is 491 g/mol. The second-order valence-corrected chi connectivity index (χ2v) is 7.91. The number of thiophene rings is 1. The fourth-order valence-electron chi connectivity index (χ4n) is 2.66. The molecular weight excluding hydrogens is 474 g/mol. The number of non-ortho nitro benzene ring substituents is 1. The van der Waals surface area contributed by atoms with Crippen molar-refractivity contribution in [3.8, 4) is 11.5 Å². The number of nitro groups is 1. The Morgan fingerprint density at radius 3 is 2.57 bits per heavy atom. The quantitative estimate of drug-likeness (QED) is 0.267. The highest BCUT2D eigenvalue weighted by Gasteiger charge is 2.13. The standard InChI is InChI=1S/C20H18BrN3O5S/c1-3-28-16-8-13(15(21)10-17(16)29-4-2)11-22-23-20(25)19-9-12-7-14(24(26)27)5-6-18(12)30-19/h5-11H,3-4H2,1-2H3,(H,23,25)/b22-11-. The minimum Gasteiger partial charge on any atom is -0.490 e. The molecule has 0 bridgehead atoms. The van der Waals surface area contributed by atoms with E-state index in [1.54, 1.807) is 24.3 Å². The van der Waals surface area contributed by atoms with Crippen LogP contribution in [0, 0.1) is 10.1 Å². The molecule has 1 aromatic heterocycles. The van der Waals surface area contributed by atoms with Gasteiger partial charge in [-0.3, -0.25) is 14.9 Å². The van der Waals surface area contributed by atoms with Crippen LogP contribution in [0.15, 0.2) is 46.0 Å². The number of carbonyl (C=O) groups is 1. The van der Waals surface area contributed by atoms with Gasteiger partial charge in [0.1, 0.15) is 0 Å². The number of benzene rings is 2. The summed E-state index contributed by atoms with van der Waals surface area (Å²) in [5.41, 5.74) is 3.16. The molecule has 8 nitrogen and oxygen atoms in total. The first kappa shape index (κ1) is 21.7. The van der Waals surface area contributed by atoms with Gasteiger partial charge in [-0.05, 0) is 54.0 Å². The number of ether oxygens (including phenoxy) is 2. The summed E-state index contributed by atoms with van der Waals surface area (Å²) in [4.78, 5) is 23.3. The Morgan fingerprint density at radius 1 is 1.20 bits per heavy atom. The molecule has 1 N–H and O–H groups in total. The van der Waals surface area contributed by atoms with Crippen molar-refractivity contribution >= 4 is 55.2 Å². The number of nitrogens with one attached hydrogen (secondary N) is 1. The van der Waals surface area contributed by atoms with Gasteiger partial charge in [-0.15, -0.1) is 11.3 Å². The van der Waals surface area contributed by atoms with Crippen LogP contribution in [0.4, 0.5) is 5.69 Å². The highest BCUT2D eigenvalue weighted by Crippen LogP contribution is 2.33. The van der Waals surface area contributed by atoms with Crippen LogP contribution in [-0.4, -0.2) is 30.3 Å². The van der Waals surface area contributed by atoms with Crippen molar-refractivity contribution in [3.63, 3.8) is 0 Å². The van der Waals surface area contributed by atoms with E-state index in [4.69, 9.17) is 9.47 Å². The number of hydrogen-bond acceptors (Lipinski definition) is 7. The second-order valence-electron chi connectivity index (χ2n) is 5.98. The van der Waals surface area contributed by atoms with Crippen LogP contribution in [0.25, 0.3) is 10.1 Å². The van der Waals surface area contributed by atoms with E-state index in [-0.39, 0.29) is 5.69 Å². The Labute approximate surface area is 184 Å². The fraction of sp³-hybridized carbons (Fsp3) is 0.200. The van der Waals surface area contributed by atoms with Crippen LogP contribution in [0.3, 0.4) is 0 Å². The van der Waals surface area contributed by atoms with E-state index < -0.39 is 10.8 Å². The molecule has 1 amide bonds. The molecular formula is C20H18BrN3O5S. The molecule has 1 heterocycles. The third-order valence-corrected chi connectivity index (χ3v) is 5.77. The molecule has 0 spiro atoms. The summed E-state index contributed by atoms with van der Waals surface area (Å²) in [6.07, 6.45) is 1.50. The smallest absolute Gasteiger partial charge is 0.281 e. The molecule has 10 heteroatoms. The molecule has 156 valence electrons. The first-order valence-corrected chi connectivity index (χ1v) is 10.6. The SMILES string of the molecule is CCOc1cc(Br)c(/C=N\NC(=O)c2cc3cc([N+](=O)[O-])ccc3s2)cc1OCC. The highest BCUT2D eigenvalue weighted by atomic mass is 79.9. The molecule has 2 aromatic carbocycles. The van der Waals surface area contributed by atoms with Gasteiger partial charge in [0, 0.05) is 32.3 Å². The zero-order chi connectivity index (χ0) is 21.7. The normalized spacial score (nSPS) is 11.0. The van der Waals surface area contributed by atoms with Crippen LogP contribution >= 0.6 is 27.3 Å². The van der Waals surface area contributed by atoms with Crippen molar-refractivity contribution in [2.75, 3.05) is 13.2 Å². The topological polar surface area (TPSA) is 103 Å². The molecule has 0 saturated carbocycles. The van der Waals surface area contributed by atoms with Gasteiger partial charge in [0.2, 0.25) is 0 Å². The summed E-state index contributed by atoms with van der Waals surface area (Å²) in [5, 5.41) is 15.6. The van der Waals surface area contributed by atoms with E-state index in [0.717, 1.165) is 9.17 Å². The molecule has 0 aliphatic heterocycles. The van der Waals surface area contributed by atoms with Crippen molar-refractivity contribution in [1.29, 1.82) is 0 Å². The summed E-state index contributed by atoms with van der Waals surface area (Å²) >= 11 is 4.70. The number of carbonyl (C=O) groups excluding carboxylic acids is 1. The first-order valence-electron chi connectivity index (χ1n) is 9.03. The van der Waals surface area contributed by atoms with Crippen molar-refractivity contribution in [1.82, 2.24) is 5.43 Å². The van der Waals surface area contributed by atoms with Gasteiger partial charge < -0.3 is 9.47 Å². The van der Waals surface area contributed by atoms with Gasteiger partial charge in [0.05, 0.1) is 29.2 Å². The van der Waals surface area contributed by atoms with Gasteiger partial charge in [0.15, 0.2) is 11.5 Å². The van der Waals surface area contributed by atoms with Gasteiger partial charge in [-0.25, -0.2) is 5.43 Å². The van der Waals surface area contributed by atoms with Gasteiger partial charge in [-0.1, -0.05) is 0 Å². The first-order chi connectivity index (χ1) is 14.4. The van der Waals surface area contributed by atoms with Crippen molar-refractivity contribution in [3.05, 3.63) is 61.4 Å². The maximum atomic E-state index is 12.4. The molecule has 0 saturated heterocycles. The lowest BCUT2D eigenvalue weighted by Crippen LogP contribution is -2.16. The largest absolute Gasteiger partial charge is 0.490 e. The van der Waals surface area contributed by atoms with Crippen molar-refractivity contribution < 1.29 is 19.2 Å². The van der Waals surface area contributed by atoms with Gasteiger partial charge >= 0.3 is 0 Å². The molecule has 0 aliphatic carbocycles. The van der Waals surface area contributed by atoms with Crippen LogP contribution in [-0.2, 0) is 0 Å². The van der Waals surface area contributed by atoms with E-state index in [2.05, 4.69) is 26.5 Å². The summed E-state index contributed by atoms with van der Waals surface area (Å²) in [5.74, 6) is 0.801. The maximum Gasteiger partial charge on any atom is 0.281 e. The zero-order valence-electron chi connectivity index (χ0n) is 16.2. The number of hydrazone groups is 1. The predicted octanol–water partition coefficient (Wildman–Crippen LogP) is 5.13. The Bertz CT molecular complexity index is 1130. The molecule has 3 rings (SSSR count). The molecule has 3 aromatic rings. The van der Waals surface area contributed by atoms with Crippen molar-refractivity contribution in [2.24, 2.45) is 5.10 Å². The number of nitro benzene ring substituents is 1. The Balaban J connectivity index is 1.76. The third-order valence-electron chi connectivity index (χ3n) is 3.97. The number of hydrogen-bond donors (Lipinski definition) is 1. The fourth-order valence-corrected chi connectivity index (χ4v) is 4.02. The summed E-state index contributed by atoms with van der Waals surface area (Å²) < 4.78 is 12.7. The average Bonchev–Trinajstić information content (AvgIpc) is 3.14. The Morgan fingerprint density at radius 2 is 1.90 bits per heavy atom. The lowest BCUT2D eigenvalue weighted by Gasteiger charge is -2.12. The van der Waals surface area contributed by atoms with Crippen LogP contribution in [0.5, 0.6) is 11.5 Å². The van der Waals surface area contributed by atoms with E-state index in [1.165, 1.54) is 29.7 Å². The van der Waals surface area contributed by atoms with Crippen molar-refractivity contribution in [2.45, 2.75) is 13.8 Å². The number of amides is 1. The Hall–Kier alpha value is -2.98. The Kier molecular flexibility index (Phi) is 7.01. The lowest BCUT2D eigenvalue weighted by molar-refractivity contribution is -0.384. The predicted molar refractivity (Wildman–Crippen MR) is 120 cm³/mol. The van der Waals surface area contributed by atoms with E-state index in [0.29, 0.717) is 40.5 Å². The lowest BCUT2D eigenvalue weighted by atomic mass is 10.2. The summed E-state index contributed by atoms with van der Waals surface area (Å²) in [6.45, 7) is 4.76. The average molecular weight is 492 g/mol. The summed E-state index contributed by atoms with van der Waals surface area (Å²) in [7, 11) is 0. The molecule has 0 aliphatic rings. The van der Waals surface area contributed by atoms with Gasteiger partial charge in [0.25, 0.3) is 11.6 Å². The van der Waals surface area contributed by atoms with E-state index in [9.17, 15) is 14.9 Å². The van der Waals surface area contributed by atoms with Crippen LogP contribution in [0.1, 0.15) is 29.1 Å². The molecule has 30 heavy (non-hydrogen) atoms. The van der Waals surface area contributed by atoms with Crippen LogP contribution < -0.4 is 14.9 Å². The van der Waals surface area contributed by atoms with E-state index in [1.807, 2.05) is 13.8 Å². The zero-order valence-corrected chi connectivity index (χ0v) is 18.6. The summed E-state index contributed by atoms with van der Waals surface area (Å²) in [6, 6.07) is 9.65. The third kappa shape index (κ3) is 4.95. The maximum absolute atomic E-state index is 12.4. The second kappa shape index (κ2) is 9.68. The molecule has 0 radical (unpaired) electrons. The minimum absolute atomic E-state index is 0.0178. The van der Waals surface area contributed by atoms with Crippen LogP contribution in [0.2, 0.25) is 0 Å². The number of fused-ring (bicyclic) bond motifs is 1.